The number of nitrogens with zero attached hydrogens (tertiary/aromatic N) is 1. The monoisotopic (exact) mass is 197 g/mol. The normalized spacial score (nSPS) is 23.9. The Hall–Kier alpha value is -0.570. The lowest BCUT2D eigenvalue weighted by Gasteiger charge is -2.28. The summed E-state index contributed by atoms with van der Waals surface area (Å²) in [6.07, 6.45) is 5.70. The van der Waals surface area contributed by atoms with Gasteiger partial charge in [0.05, 0.1) is 0 Å². The van der Waals surface area contributed by atoms with Crippen LogP contribution in [0, 0.1) is 5.92 Å². The van der Waals surface area contributed by atoms with Gasteiger partial charge in [-0.25, -0.2) is 0 Å². The van der Waals surface area contributed by atoms with Crippen molar-refractivity contribution in [3.63, 3.8) is 0 Å². The zero-order chi connectivity index (χ0) is 10.1. The first-order valence-corrected chi connectivity index (χ1v) is 5.72. The number of carboxylic acids is 1. The van der Waals surface area contributed by atoms with E-state index in [0.29, 0.717) is 12.0 Å². The van der Waals surface area contributed by atoms with Crippen LogP contribution in [0.15, 0.2) is 0 Å². The summed E-state index contributed by atoms with van der Waals surface area (Å²) in [6.45, 7) is 3.08. The van der Waals surface area contributed by atoms with E-state index in [9.17, 15) is 9.90 Å². The molecular weight excluding hydrogens is 178 g/mol. The average molecular weight is 197 g/mol. The van der Waals surface area contributed by atoms with E-state index in [2.05, 4.69) is 11.8 Å². The van der Waals surface area contributed by atoms with Crippen molar-refractivity contribution in [2.24, 2.45) is 5.92 Å². The Labute approximate surface area is 85.1 Å². The third-order valence-electron chi connectivity index (χ3n) is 3.18. The van der Waals surface area contributed by atoms with Crippen molar-refractivity contribution < 1.29 is 9.90 Å². The van der Waals surface area contributed by atoms with Crippen LogP contribution < -0.4 is 0 Å². The fourth-order valence-electron chi connectivity index (χ4n) is 2.24. The molecule has 3 nitrogen and oxygen atoms in total. The molecular formula is C11H19NO2. The van der Waals surface area contributed by atoms with Crippen molar-refractivity contribution in [3.8, 4) is 0 Å². The van der Waals surface area contributed by atoms with E-state index in [1.54, 1.807) is 0 Å². The van der Waals surface area contributed by atoms with Gasteiger partial charge in [0.15, 0.2) is 0 Å². The Balaban J connectivity index is 2.00. The largest absolute Gasteiger partial charge is 0.480 e. The number of aliphatic carboxylic acids is 1. The minimum absolute atomic E-state index is 0.178. The highest BCUT2D eigenvalue weighted by atomic mass is 16.4. The van der Waals surface area contributed by atoms with Crippen LogP contribution in [-0.2, 0) is 4.79 Å². The van der Waals surface area contributed by atoms with Crippen molar-refractivity contribution in [2.75, 3.05) is 6.54 Å². The highest BCUT2D eigenvalue weighted by Gasteiger charge is 2.44. The molecule has 14 heavy (non-hydrogen) atoms. The van der Waals surface area contributed by atoms with Crippen LogP contribution >= 0.6 is 0 Å². The van der Waals surface area contributed by atoms with Gasteiger partial charge in [-0.05, 0) is 44.6 Å². The molecule has 2 aliphatic carbocycles. The lowest BCUT2D eigenvalue weighted by atomic mass is 10.1. The summed E-state index contributed by atoms with van der Waals surface area (Å²) in [5, 5.41) is 9.22. The number of carboxylic acid groups (broad SMARTS) is 1. The SMILES string of the molecule is CCCN(C1CC1)C(C(=O)O)C1CC1. The molecule has 1 unspecified atom stereocenters. The van der Waals surface area contributed by atoms with E-state index >= 15 is 0 Å². The van der Waals surface area contributed by atoms with E-state index in [0.717, 1.165) is 25.8 Å². The van der Waals surface area contributed by atoms with E-state index in [1.807, 2.05) is 0 Å². The van der Waals surface area contributed by atoms with Gasteiger partial charge in [-0.15, -0.1) is 0 Å². The minimum Gasteiger partial charge on any atom is -0.480 e. The molecule has 0 aliphatic heterocycles. The predicted octanol–water partition coefficient (Wildman–Crippen LogP) is 1.72. The van der Waals surface area contributed by atoms with Gasteiger partial charge in [0.1, 0.15) is 6.04 Å². The fourth-order valence-corrected chi connectivity index (χ4v) is 2.24. The summed E-state index contributed by atoms with van der Waals surface area (Å²) in [5.74, 6) is -0.160. The third-order valence-corrected chi connectivity index (χ3v) is 3.18. The van der Waals surface area contributed by atoms with Gasteiger partial charge in [0, 0.05) is 6.04 Å². The lowest BCUT2D eigenvalue weighted by Crippen LogP contribution is -2.44. The van der Waals surface area contributed by atoms with Gasteiger partial charge in [-0.1, -0.05) is 6.92 Å². The molecule has 2 aliphatic rings. The van der Waals surface area contributed by atoms with Crippen LogP contribution in [0.2, 0.25) is 0 Å². The molecule has 0 aromatic heterocycles. The molecule has 0 radical (unpaired) electrons. The Kier molecular flexibility index (Phi) is 2.77. The van der Waals surface area contributed by atoms with Crippen LogP contribution in [0.5, 0.6) is 0 Å². The molecule has 0 spiro atoms. The topological polar surface area (TPSA) is 40.5 Å². The molecule has 1 atom stereocenters. The number of carbonyl (C=O) groups is 1. The molecule has 2 saturated carbocycles. The second kappa shape index (κ2) is 3.89. The predicted molar refractivity (Wildman–Crippen MR) is 54.2 cm³/mol. The van der Waals surface area contributed by atoms with Gasteiger partial charge in [-0.2, -0.15) is 0 Å². The summed E-state index contributed by atoms with van der Waals surface area (Å²) in [6, 6.07) is 0.402. The van der Waals surface area contributed by atoms with Crippen LogP contribution in [-0.4, -0.2) is 34.6 Å². The quantitative estimate of drug-likeness (QED) is 0.705. The zero-order valence-corrected chi connectivity index (χ0v) is 8.78. The summed E-state index contributed by atoms with van der Waals surface area (Å²) >= 11 is 0. The van der Waals surface area contributed by atoms with Crippen molar-refractivity contribution in [1.29, 1.82) is 0 Å². The van der Waals surface area contributed by atoms with Crippen LogP contribution in [0.1, 0.15) is 39.0 Å². The molecule has 0 aromatic carbocycles. The maximum Gasteiger partial charge on any atom is 0.321 e. The number of rotatable bonds is 6. The second-order valence-electron chi connectivity index (χ2n) is 4.59. The van der Waals surface area contributed by atoms with Crippen molar-refractivity contribution >= 4 is 5.97 Å². The summed E-state index contributed by atoms with van der Waals surface area (Å²) in [4.78, 5) is 13.4. The van der Waals surface area contributed by atoms with Gasteiger partial charge >= 0.3 is 5.97 Å². The summed E-state index contributed by atoms with van der Waals surface area (Å²) < 4.78 is 0. The smallest absolute Gasteiger partial charge is 0.321 e. The van der Waals surface area contributed by atoms with Crippen LogP contribution in [0.25, 0.3) is 0 Å². The Bertz CT molecular complexity index is 221. The van der Waals surface area contributed by atoms with Crippen molar-refractivity contribution in [1.82, 2.24) is 4.90 Å². The first kappa shape index (κ1) is 9.97. The van der Waals surface area contributed by atoms with Gasteiger partial charge in [0.25, 0.3) is 0 Å². The van der Waals surface area contributed by atoms with Gasteiger partial charge < -0.3 is 5.11 Å². The van der Waals surface area contributed by atoms with E-state index in [1.165, 1.54) is 12.8 Å². The summed E-state index contributed by atoms with van der Waals surface area (Å²) in [7, 11) is 0. The average Bonchev–Trinajstić information content (AvgIpc) is 2.98. The number of hydrogen-bond acceptors (Lipinski definition) is 2. The van der Waals surface area contributed by atoms with Crippen LogP contribution in [0.4, 0.5) is 0 Å². The highest BCUT2D eigenvalue weighted by molar-refractivity contribution is 5.74. The molecule has 0 saturated heterocycles. The molecule has 1 N–H and O–H groups in total. The lowest BCUT2D eigenvalue weighted by molar-refractivity contribution is -0.144. The second-order valence-corrected chi connectivity index (χ2v) is 4.59. The van der Waals surface area contributed by atoms with Crippen LogP contribution in [0.3, 0.4) is 0 Å². The van der Waals surface area contributed by atoms with E-state index in [-0.39, 0.29) is 6.04 Å². The van der Waals surface area contributed by atoms with Crippen molar-refractivity contribution in [2.45, 2.75) is 51.1 Å². The number of hydrogen-bond donors (Lipinski definition) is 1. The first-order valence-electron chi connectivity index (χ1n) is 5.72. The molecule has 0 bridgehead atoms. The van der Waals surface area contributed by atoms with Gasteiger partial charge in [0.2, 0.25) is 0 Å². The Morgan fingerprint density at radius 2 is 2.07 bits per heavy atom. The molecule has 0 amide bonds. The molecule has 0 aromatic rings. The maximum absolute atomic E-state index is 11.2. The fraction of sp³-hybridized carbons (Fsp3) is 0.909. The Morgan fingerprint density at radius 1 is 1.43 bits per heavy atom. The first-order chi connectivity index (χ1) is 6.74. The molecule has 2 fully saturated rings. The molecule has 3 heteroatoms. The van der Waals surface area contributed by atoms with E-state index < -0.39 is 5.97 Å². The molecule has 80 valence electrons. The maximum atomic E-state index is 11.2. The molecule has 2 rings (SSSR count). The standard InChI is InChI=1S/C11H19NO2/c1-2-7-12(9-5-6-9)10(11(13)14)8-3-4-8/h8-10H,2-7H2,1H3,(H,13,14). The van der Waals surface area contributed by atoms with E-state index in [4.69, 9.17) is 0 Å². The minimum atomic E-state index is -0.604. The summed E-state index contributed by atoms with van der Waals surface area (Å²) in [5.41, 5.74) is 0. The van der Waals surface area contributed by atoms with Crippen molar-refractivity contribution in [3.05, 3.63) is 0 Å². The molecule has 0 heterocycles. The zero-order valence-electron chi connectivity index (χ0n) is 8.78. The third kappa shape index (κ3) is 2.08. The highest BCUT2D eigenvalue weighted by Crippen LogP contribution is 2.39. The van der Waals surface area contributed by atoms with Gasteiger partial charge in [-0.3, -0.25) is 9.69 Å². The Morgan fingerprint density at radius 3 is 2.43 bits per heavy atom.